The summed E-state index contributed by atoms with van der Waals surface area (Å²) in [7, 11) is 2.95. The molecule has 1 saturated carbocycles. The molecule has 3 fully saturated rings. The zero-order valence-electron chi connectivity index (χ0n) is 40.2. The number of methoxy groups -OCH3 is 2. The number of esters is 1. The van der Waals surface area contributed by atoms with Crippen LogP contribution in [0.2, 0.25) is 0 Å². The molecule has 0 spiro atoms. The number of piperidine rings is 1. The van der Waals surface area contributed by atoms with E-state index in [0.29, 0.717) is 63.4 Å². The lowest BCUT2D eigenvalue weighted by Crippen LogP contribution is -2.60. The fourth-order valence-electron chi connectivity index (χ4n) is 10.0. The molecule has 13 heteroatoms. The van der Waals surface area contributed by atoms with Crippen molar-refractivity contribution < 1.29 is 58.2 Å². The molecule has 2 saturated heterocycles. The molecule has 1 amide bonds. The van der Waals surface area contributed by atoms with Crippen molar-refractivity contribution in [2.45, 2.75) is 181 Å². The number of rotatable bonds is 5. The highest BCUT2D eigenvalue weighted by Crippen LogP contribution is 2.38. The SMILES string of the molecule is CO[C@@H]1C[C@H](C[C@@H](C)C2CC(=O)[C@H](C)/C=C(\C)[C@@H](O)[C@@H](OC)C(=O)[C@H](C)C[C@H](C)/C=C/C=C/C=C(\C)C(C)C[C@@H]3CC[C@@H](C)[C@@](O)(O3)C(=O)C(=O)N3CCCC[C@H]3C(=O)O2)CC[C@H]1O. The summed E-state index contributed by atoms with van der Waals surface area (Å²) in [6.07, 6.45) is 12.5. The van der Waals surface area contributed by atoms with Crippen molar-refractivity contribution in [1.82, 2.24) is 4.90 Å². The summed E-state index contributed by atoms with van der Waals surface area (Å²) in [5, 5.41) is 33.8. The molecule has 4 aliphatic rings. The highest BCUT2D eigenvalue weighted by Gasteiger charge is 2.53. The van der Waals surface area contributed by atoms with Gasteiger partial charge in [0.25, 0.3) is 11.7 Å². The number of amides is 1. The molecular weight excluding hydrogens is 819 g/mol. The van der Waals surface area contributed by atoms with Gasteiger partial charge in [0.05, 0.1) is 18.3 Å². The number of aliphatic hydroxyl groups excluding tert-OH is 2. The van der Waals surface area contributed by atoms with E-state index in [4.69, 9.17) is 18.9 Å². The zero-order valence-corrected chi connectivity index (χ0v) is 40.2. The van der Waals surface area contributed by atoms with E-state index in [1.54, 1.807) is 34.0 Å². The number of aliphatic hydroxyl groups is 3. The van der Waals surface area contributed by atoms with Gasteiger partial charge in [-0.1, -0.05) is 83.6 Å². The van der Waals surface area contributed by atoms with E-state index in [1.165, 1.54) is 12.0 Å². The van der Waals surface area contributed by atoms with Gasteiger partial charge in [0.2, 0.25) is 5.79 Å². The Balaban J connectivity index is 1.69. The number of cyclic esters (lactones) is 1. The molecule has 1 aliphatic carbocycles. The van der Waals surface area contributed by atoms with Crippen molar-refractivity contribution in [3.8, 4) is 0 Å². The highest BCUT2D eigenvalue weighted by atomic mass is 16.6. The molecule has 3 heterocycles. The second kappa shape index (κ2) is 24.4. The quantitative estimate of drug-likeness (QED) is 0.149. The largest absolute Gasteiger partial charge is 0.460 e. The van der Waals surface area contributed by atoms with Crippen molar-refractivity contribution in [2.75, 3.05) is 20.8 Å². The first-order chi connectivity index (χ1) is 30.2. The molecule has 15 atom stereocenters. The molecule has 2 bridgehead atoms. The Morgan fingerprint density at radius 3 is 2.25 bits per heavy atom. The van der Waals surface area contributed by atoms with Crippen LogP contribution in [0, 0.1) is 41.4 Å². The molecular formula is C51H79NO12. The summed E-state index contributed by atoms with van der Waals surface area (Å²) in [4.78, 5) is 71.7. The van der Waals surface area contributed by atoms with Gasteiger partial charge < -0.3 is 39.2 Å². The van der Waals surface area contributed by atoms with E-state index in [1.807, 2.05) is 65.0 Å². The lowest BCUT2D eigenvalue weighted by Gasteiger charge is -2.42. The van der Waals surface area contributed by atoms with Gasteiger partial charge in [-0.2, -0.15) is 0 Å². The first-order valence-electron chi connectivity index (χ1n) is 23.9. The molecule has 13 nitrogen and oxygen atoms in total. The Bertz CT molecular complexity index is 1740. The molecule has 0 aromatic heterocycles. The molecule has 0 radical (unpaired) electrons. The number of hydrogen-bond donors (Lipinski definition) is 3. The topological polar surface area (TPSA) is 186 Å². The standard InChI is InChI=1S/C51H79NO12/c1-30-16-12-11-13-17-31(2)32(3)27-39-21-19-37(8)51(60,64-39)48(57)49(58)52-23-15-14-18-40(52)50(59)63-43(34(5)26-38-20-22-41(53)44(28-38)61-9)29-42(54)33(4)25-36(7)46(56)47(62-10)45(55)35(6)24-30/h11-13,16-17,25,30,32-35,37-41,43-44,46-47,53,56,60H,14-15,18-24,26-29H2,1-10H3/b13-11+,16-12+,31-17+,36-25+/t30-,32?,33-,34-,35-,37-,38+,39+,40+,41-,43?,44-,46-,47+,51-/m1/s1. The second-order valence-electron chi connectivity index (χ2n) is 19.8. The van der Waals surface area contributed by atoms with E-state index in [0.717, 1.165) is 12.0 Å². The van der Waals surface area contributed by atoms with Crippen molar-refractivity contribution in [3.63, 3.8) is 0 Å². The normalized spacial score (nSPS) is 40.9. The average Bonchev–Trinajstić information content (AvgIpc) is 3.26. The van der Waals surface area contributed by atoms with Gasteiger partial charge in [0, 0.05) is 44.9 Å². The second-order valence-corrected chi connectivity index (χ2v) is 19.8. The number of allylic oxidation sites excluding steroid dienone is 7. The van der Waals surface area contributed by atoms with Crippen LogP contribution in [0.1, 0.15) is 132 Å². The van der Waals surface area contributed by atoms with Crippen LogP contribution in [-0.4, -0.2) is 119 Å². The first-order valence-corrected chi connectivity index (χ1v) is 23.9. The maximum absolute atomic E-state index is 14.3. The van der Waals surface area contributed by atoms with Gasteiger partial charge in [0.15, 0.2) is 5.78 Å². The van der Waals surface area contributed by atoms with Crippen molar-refractivity contribution >= 4 is 29.2 Å². The fourth-order valence-corrected chi connectivity index (χ4v) is 10.0. The third-order valence-electron chi connectivity index (χ3n) is 14.6. The minimum atomic E-state index is -2.37. The predicted octanol–water partition coefficient (Wildman–Crippen LogP) is 6.80. The van der Waals surface area contributed by atoms with Crippen molar-refractivity contribution in [3.05, 3.63) is 47.6 Å². The number of carbonyl (C=O) groups excluding carboxylic acids is 5. The van der Waals surface area contributed by atoms with Gasteiger partial charge in [-0.15, -0.1) is 0 Å². The molecule has 3 N–H and O–H groups in total. The van der Waals surface area contributed by atoms with E-state index in [2.05, 4.69) is 0 Å². The van der Waals surface area contributed by atoms with E-state index in [9.17, 15) is 39.3 Å². The Kier molecular flexibility index (Phi) is 20.4. The molecule has 3 aliphatic heterocycles. The molecule has 4 rings (SSSR count). The van der Waals surface area contributed by atoms with Gasteiger partial charge >= 0.3 is 5.97 Å². The highest BCUT2D eigenvalue weighted by molar-refractivity contribution is 6.39. The van der Waals surface area contributed by atoms with Crippen LogP contribution in [-0.2, 0) is 42.9 Å². The van der Waals surface area contributed by atoms with Crippen LogP contribution >= 0.6 is 0 Å². The Hall–Kier alpha value is -3.33. The third-order valence-corrected chi connectivity index (χ3v) is 14.6. The fraction of sp³-hybridized carbons (Fsp3) is 0.745. The Labute approximate surface area is 382 Å². The Morgan fingerprint density at radius 1 is 0.844 bits per heavy atom. The molecule has 0 aromatic carbocycles. The number of fused-ring (bicyclic) bond motifs is 3. The van der Waals surface area contributed by atoms with Crippen LogP contribution in [0.25, 0.3) is 0 Å². The maximum Gasteiger partial charge on any atom is 0.329 e. The average molecular weight is 898 g/mol. The molecule has 360 valence electrons. The van der Waals surface area contributed by atoms with Gasteiger partial charge in [0.1, 0.15) is 30.1 Å². The summed E-state index contributed by atoms with van der Waals surface area (Å²) >= 11 is 0. The summed E-state index contributed by atoms with van der Waals surface area (Å²) in [6, 6.07) is -1.12. The molecule has 64 heavy (non-hydrogen) atoms. The van der Waals surface area contributed by atoms with Gasteiger partial charge in [-0.3, -0.25) is 19.2 Å². The minimum Gasteiger partial charge on any atom is -0.460 e. The summed E-state index contributed by atoms with van der Waals surface area (Å²) in [6.45, 7) is 15.0. The summed E-state index contributed by atoms with van der Waals surface area (Å²) < 4.78 is 23.6. The van der Waals surface area contributed by atoms with Crippen LogP contribution in [0.5, 0.6) is 0 Å². The number of ketones is 3. The third kappa shape index (κ3) is 13.9. The maximum atomic E-state index is 14.3. The van der Waals surface area contributed by atoms with Crippen LogP contribution < -0.4 is 0 Å². The number of nitrogens with zero attached hydrogens (tertiary/aromatic N) is 1. The lowest BCUT2D eigenvalue weighted by atomic mass is 9.78. The number of ether oxygens (including phenoxy) is 4. The lowest BCUT2D eigenvalue weighted by molar-refractivity contribution is -0.264. The van der Waals surface area contributed by atoms with Crippen LogP contribution in [0.15, 0.2) is 47.6 Å². The number of hydrogen-bond acceptors (Lipinski definition) is 12. The molecule has 2 unspecified atom stereocenters. The predicted molar refractivity (Wildman–Crippen MR) is 244 cm³/mol. The zero-order chi connectivity index (χ0) is 47.5. The van der Waals surface area contributed by atoms with E-state index >= 15 is 0 Å². The van der Waals surface area contributed by atoms with Crippen molar-refractivity contribution in [2.24, 2.45) is 41.4 Å². The number of carbonyl (C=O) groups is 5. The minimum absolute atomic E-state index is 0.0315. The van der Waals surface area contributed by atoms with E-state index < -0.39 is 77.8 Å². The summed E-state index contributed by atoms with van der Waals surface area (Å²) in [5.41, 5.74) is 1.46. The van der Waals surface area contributed by atoms with Crippen LogP contribution in [0.4, 0.5) is 0 Å². The first kappa shape index (κ1) is 53.3. The van der Waals surface area contributed by atoms with Gasteiger partial charge in [-0.25, -0.2) is 4.79 Å². The number of Topliss-reactive ketones (excluding diaryl/α,β-unsaturated/α-hetero) is 3. The van der Waals surface area contributed by atoms with E-state index in [-0.39, 0.29) is 60.7 Å². The van der Waals surface area contributed by atoms with Crippen molar-refractivity contribution in [1.29, 1.82) is 0 Å². The summed E-state index contributed by atoms with van der Waals surface area (Å²) in [5.74, 6) is -7.66. The monoisotopic (exact) mass is 898 g/mol. The molecule has 0 aromatic rings. The smallest absolute Gasteiger partial charge is 0.329 e. The van der Waals surface area contributed by atoms with Gasteiger partial charge in [-0.05, 0) is 114 Å². The van der Waals surface area contributed by atoms with Crippen LogP contribution in [0.3, 0.4) is 0 Å². The Morgan fingerprint density at radius 2 is 1.56 bits per heavy atom.